The van der Waals surface area contributed by atoms with Crippen molar-refractivity contribution < 1.29 is 9.84 Å². The highest BCUT2D eigenvalue weighted by Gasteiger charge is 1.96. The van der Waals surface area contributed by atoms with Crippen molar-refractivity contribution in [3.8, 4) is 11.5 Å². The lowest BCUT2D eigenvalue weighted by Crippen LogP contribution is -1.86. The first kappa shape index (κ1) is 9.68. The van der Waals surface area contributed by atoms with Crippen LogP contribution in [0.4, 0.5) is 0 Å². The number of hydrogen-bond donors (Lipinski definition) is 1. The number of aliphatic hydroxyl groups is 1. The van der Waals surface area contributed by atoms with Crippen LogP contribution in [0.15, 0.2) is 48.8 Å². The molecule has 0 saturated heterocycles. The summed E-state index contributed by atoms with van der Waals surface area (Å²) in [6.07, 6.45) is 3.36. The van der Waals surface area contributed by atoms with Crippen molar-refractivity contribution in [3.05, 3.63) is 54.4 Å². The Bertz CT molecular complexity index is 411. The highest BCUT2D eigenvalue weighted by atomic mass is 16.5. The Morgan fingerprint density at radius 1 is 0.933 bits per heavy atom. The number of hydrogen-bond acceptors (Lipinski definition) is 3. The summed E-state index contributed by atoms with van der Waals surface area (Å²) >= 11 is 0. The molecule has 3 heteroatoms. The summed E-state index contributed by atoms with van der Waals surface area (Å²) in [6, 6.07) is 10.9. The molecule has 15 heavy (non-hydrogen) atoms. The van der Waals surface area contributed by atoms with Gasteiger partial charge >= 0.3 is 0 Å². The minimum Gasteiger partial charge on any atom is -0.457 e. The van der Waals surface area contributed by atoms with Crippen molar-refractivity contribution in [1.82, 2.24) is 4.98 Å². The van der Waals surface area contributed by atoms with Gasteiger partial charge in [0, 0.05) is 12.4 Å². The summed E-state index contributed by atoms with van der Waals surface area (Å²) in [4.78, 5) is 3.90. The van der Waals surface area contributed by atoms with E-state index >= 15 is 0 Å². The summed E-state index contributed by atoms with van der Waals surface area (Å²) in [6.45, 7) is 0.0511. The van der Waals surface area contributed by atoms with Crippen LogP contribution in [0.25, 0.3) is 0 Å². The molecule has 0 atom stereocenters. The molecule has 0 amide bonds. The molecule has 0 saturated carbocycles. The number of nitrogens with zero attached hydrogens (tertiary/aromatic N) is 1. The number of benzene rings is 1. The van der Waals surface area contributed by atoms with Gasteiger partial charge < -0.3 is 9.84 Å². The largest absolute Gasteiger partial charge is 0.457 e. The zero-order valence-electron chi connectivity index (χ0n) is 8.13. The van der Waals surface area contributed by atoms with Crippen molar-refractivity contribution in [3.63, 3.8) is 0 Å². The Morgan fingerprint density at radius 3 is 2.13 bits per heavy atom. The van der Waals surface area contributed by atoms with Gasteiger partial charge in [0.25, 0.3) is 0 Å². The molecule has 0 radical (unpaired) electrons. The molecule has 1 aromatic carbocycles. The van der Waals surface area contributed by atoms with E-state index in [1.165, 1.54) is 0 Å². The fourth-order valence-electron chi connectivity index (χ4n) is 1.21. The summed E-state index contributed by atoms with van der Waals surface area (Å²) in [5.74, 6) is 1.50. The number of aromatic nitrogens is 1. The van der Waals surface area contributed by atoms with Gasteiger partial charge in [-0.05, 0) is 29.8 Å². The van der Waals surface area contributed by atoms with Gasteiger partial charge in [0.2, 0.25) is 0 Å². The van der Waals surface area contributed by atoms with E-state index in [0.29, 0.717) is 0 Å². The van der Waals surface area contributed by atoms with E-state index < -0.39 is 0 Å². The van der Waals surface area contributed by atoms with Gasteiger partial charge in [0.05, 0.1) is 6.61 Å². The van der Waals surface area contributed by atoms with E-state index in [9.17, 15) is 0 Å². The van der Waals surface area contributed by atoms with E-state index in [2.05, 4.69) is 4.98 Å². The molecule has 3 nitrogen and oxygen atoms in total. The summed E-state index contributed by atoms with van der Waals surface area (Å²) in [5.41, 5.74) is 0.872. The monoisotopic (exact) mass is 201 g/mol. The molecule has 76 valence electrons. The molecule has 0 bridgehead atoms. The van der Waals surface area contributed by atoms with Crippen LogP contribution in [0.2, 0.25) is 0 Å². The van der Waals surface area contributed by atoms with E-state index in [0.717, 1.165) is 17.1 Å². The van der Waals surface area contributed by atoms with Crippen LogP contribution < -0.4 is 4.74 Å². The lowest BCUT2D eigenvalue weighted by Gasteiger charge is -2.05. The second-order valence-electron chi connectivity index (χ2n) is 3.09. The van der Waals surface area contributed by atoms with Gasteiger partial charge in [-0.25, -0.2) is 0 Å². The molecule has 2 aromatic rings. The molecular weight excluding hydrogens is 190 g/mol. The fraction of sp³-hybridized carbons (Fsp3) is 0.0833. The second kappa shape index (κ2) is 4.57. The van der Waals surface area contributed by atoms with Gasteiger partial charge in [-0.1, -0.05) is 12.1 Å². The smallest absolute Gasteiger partial charge is 0.130 e. The summed E-state index contributed by atoms with van der Waals surface area (Å²) in [5, 5.41) is 8.87. The van der Waals surface area contributed by atoms with Crippen LogP contribution in [0.3, 0.4) is 0 Å². The third-order valence-electron chi connectivity index (χ3n) is 1.99. The SMILES string of the molecule is OCc1ccc(Oc2ccncc2)cc1. The van der Waals surface area contributed by atoms with Crippen molar-refractivity contribution in [1.29, 1.82) is 0 Å². The lowest BCUT2D eigenvalue weighted by atomic mass is 10.2. The Labute approximate surface area is 88.0 Å². The first-order valence-electron chi connectivity index (χ1n) is 4.66. The first-order valence-corrected chi connectivity index (χ1v) is 4.66. The summed E-state index contributed by atoms with van der Waals surface area (Å²) < 4.78 is 5.56. The van der Waals surface area contributed by atoms with Crippen LogP contribution in [0.1, 0.15) is 5.56 Å². The number of ether oxygens (including phenoxy) is 1. The van der Waals surface area contributed by atoms with Crippen LogP contribution >= 0.6 is 0 Å². The van der Waals surface area contributed by atoms with Gasteiger partial charge in [-0.2, -0.15) is 0 Å². The molecule has 1 heterocycles. The van der Waals surface area contributed by atoms with Crippen LogP contribution in [-0.2, 0) is 6.61 Å². The van der Waals surface area contributed by atoms with Gasteiger partial charge in [0.15, 0.2) is 0 Å². The Kier molecular flexibility index (Phi) is 2.95. The zero-order chi connectivity index (χ0) is 10.5. The highest BCUT2D eigenvalue weighted by molar-refractivity contribution is 5.31. The van der Waals surface area contributed by atoms with Crippen LogP contribution in [0, 0.1) is 0 Å². The second-order valence-corrected chi connectivity index (χ2v) is 3.09. The van der Waals surface area contributed by atoms with E-state index in [4.69, 9.17) is 9.84 Å². The topological polar surface area (TPSA) is 42.4 Å². The molecular formula is C12H11NO2. The molecule has 0 fully saturated rings. The van der Waals surface area contributed by atoms with Gasteiger partial charge in [0.1, 0.15) is 11.5 Å². The van der Waals surface area contributed by atoms with Crippen molar-refractivity contribution in [2.24, 2.45) is 0 Å². The van der Waals surface area contributed by atoms with Crippen molar-refractivity contribution >= 4 is 0 Å². The quantitative estimate of drug-likeness (QED) is 0.828. The van der Waals surface area contributed by atoms with E-state index in [1.807, 2.05) is 24.3 Å². The van der Waals surface area contributed by atoms with Crippen molar-refractivity contribution in [2.75, 3.05) is 0 Å². The van der Waals surface area contributed by atoms with E-state index in [-0.39, 0.29) is 6.61 Å². The maximum atomic E-state index is 8.87. The predicted octanol–water partition coefficient (Wildman–Crippen LogP) is 2.37. The zero-order valence-corrected chi connectivity index (χ0v) is 8.13. The summed E-state index contributed by atoms with van der Waals surface area (Å²) in [7, 11) is 0. The van der Waals surface area contributed by atoms with E-state index in [1.54, 1.807) is 24.5 Å². The predicted molar refractivity (Wildman–Crippen MR) is 56.7 cm³/mol. The average molecular weight is 201 g/mol. The molecule has 0 aliphatic carbocycles. The van der Waals surface area contributed by atoms with Gasteiger partial charge in [-0.15, -0.1) is 0 Å². The molecule has 0 aliphatic rings. The number of aliphatic hydroxyl groups excluding tert-OH is 1. The Morgan fingerprint density at radius 2 is 1.53 bits per heavy atom. The normalized spacial score (nSPS) is 9.93. The van der Waals surface area contributed by atoms with Crippen LogP contribution in [0.5, 0.6) is 11.5 Å². The lowest BCUT2D eigenvalue weighted by molar-refractivity contribution is 0.281. The maximum Gasteiger partial charge on any atom is 0.130 e. The third kappa shape index (κ3) is 2.54. The molecule has 2 rings (SSSR count). The number of rotatable bonds is 3. The molecule has 1 N–H and O–H groups in total. The minimum atomic E-state index is 0.0511. The molecule has 1 aromatic heterocycles. The average Bonchev–Trinajstić information content (AvgIpc) is 2.31. The van der Waals surface area contributed by atoms with Crippen LogP contribution in [-0.4, -0.2) is 10.1 Å². The van der Waals surface area contributed by atoms with Gasteiger partial charge in [-0.3, -0.25) is 4.98 Å². The third-order valence-corrected chi connectivity index (χ3v) is 1.99. The maximum absolute atomic E-state index is 8.87. The molecule has 0 unspecified atom stereocenters. The number of pyridine rings is 1. The highest BCUT2D eigenvalue weighted by Crippen LogP contribution is 2.20. The first-order chi connectivity index (χ1) is 7.38. The standard InChI is InChI=1S/C12H11NO2/c14-9-10-1-3-11(4-2-10)15-12-5-7-13-8-6-12/h1-8,14H,9H2. The molecule has 0 aliphatic heterocycles. The Hall–Kier alpha value is -1.87. The fourth-order valence-corrected chi connectivity index (χ4v) is 1.21. The Balaban J connectivity index is 2.11. The van der Waals surface area contributed by atoms with Crippen molar-refractivity contribution in [2.45, 2.75) is 6.61 Å². The molecule has 0 spiro atoms. The minimum absolute atomic E-state index is 0.0511.